The quantitative estimate of drug-likeness (QED) is 0.629. The summed E-state index contributed by atoms with van der Waals surface area (Å²) in [4.78, 5) is 16.0. The van der Waals surface area contributed by atoms with Crippen LogP contribution in [-0.2, 0) is 17.5 Å². The van der Waals surface area contributed by atoms with E-state index in [-0.39, 0.29) is 12.5 Å². The predicted octanol–water partition coefficient (Wildman–Crippen LogP) is 4.23. The molecule has 0 aliphatic carbocycles. The topological polar surface area (TPSA) is 56.1 Å². The number of nitrogens with one attached hydrogen (secondary N) is 1. The molecule has 1 amide bonds. The number of ether oxygens (including phenoxy) is 1. The number of methoxy groups -OCH3 is 1. The van der Waals surface area contributed by atoms with E-state index in [1.807, 2.05) is 16.7 Å². The smallest absolute Gasteiger partial charge is 0.416 e. The van der Waals surface area contributed by atoms with E-state index >= 15 is 0 Å². The minimum absolute atomic E-state index is 0.129. The molecule has 0 aliphatic heterocycles. The number of carbonyl (C=O) groups excluding carboxylic acids is 1. The van der Waals surface area contributed by atoms with Gasteiger partial charge in [0.1, 0.15) is 5.75 Å². The number of halogens is 3. The largest absolute Gasteiger partial charge is 0.495 e. The van der Waals surface area contributed by atoms with E-state index in [9.17, 15) is 18.0 Å². The second kappa shape index (κ2) is 8.64. The van der Waals surface area contributed by atoms with E-state index in [2.05, 4.69) is 10.3 Å². The van der Waals surface area contributed by atoms with Gasteiger partial charge in [-0.15, -0.1) is 0 Å². The third kappa shape index (κ3) is 5.25. The second-order valence-electron chi connectivity index (χ2n) is 6.15. The number of nitrogens with zero attached hydrogens (tertiary/aromatic N) is 2. The molecule has 29 heavy (non-hydrogen) atoms. The number of hydrogen-bond donors (Lipinski definition) is 1. The SMILES string of the molecule is COc1cc(/C=C/C(=O)NCc2ccc(C(F)(F)F)cc2)ccc1-n1ccnc1. The number of alkyl halides is 3. The van der Waals surface area contributed by atoms with Crippen LogP contribution in [0.5, 0.6) is 5.75 Å². The van der Waals surface area contributed by atoms with Crippen molar-refractivity contribution in [2.24, 2.45) is 0 Å². The molecule has 5 nitrogen and oxygen atoms in total. The van der Waals surface area contributed by atoms with Crippen LogP contribution in [0.3, 0.4) is 0 Å². The Morgan fingerprint density at radius 2 is 1.97 bits per heavy atom. The van der Waals surface area contributed by atoms with Gasteiger partial charge in [0.25, 0.3) is 0 Å². The Labute approximate surface area is 165 Å². The number of imidazole rings is 1. The van der Waals surface area contributed by atoms with E-state index in [1.54, 1.807) is 38.0 Å². The highest BCUT2D eigenvalue weighted by Crippen LogP contribution is 2.29. The van der Waals surface area contributed by atoms with Crippen LogP contribution in [-0.4, -0.2) is 22.6 Å². The molecule has 1 N–H and O–H groups in total. The number of amides is 1. The first-order valence-electron chi connectivity index (χ1n) is 8.65. The van der Waals surface area contributed by atoms with Gasteiger partial charge in [-0.3, -0.25) is 4.79 Å². The van der Waals surface area contributed by atoms with E-state index in [4.69, 9.17) is 4.74 Å². The lowest BCUT2D eigenvalue weighted by atomic mass is 10.1. The van der Waals surface area contributed by atoms with Gasteiger partial charge in [-0.05, 0) is 41.5 Å². The van der Waals surface area contributed by atoms with E-state index in [0.29, 0.717) is 11.3 Å². The van der Waals surface area contributed by atoms with E-state index in [0.717, 1.165) is 23.4 Å². The molecule has 0 aliphatic rings. The summed E-state index contributed by atoms with van der Waals surface area (Å²) in [5.74, 6) is 0.262. The molecule has 0 bridgehead atoms. The first-order valence-corrected chi connectivity index (χ1v) is 8.65. The van der Waals surface area contributed by atoms with Gasteiger partial charge in [0.2, 0.25) is 5.91 Å². The van der Waals surface area contributed by atoms with E-state index in [1.165, 1.54) is 18.2 Å². The zero-order valence-electron chi connectivity index (χ0n) is 15.5. The van der Waals surface area contributed by atoms with Crippen molar-refractivity contribution in [3.8, 4) is 11.4 Å². The number of aromatic nitrogens is 2. The Balaban J connectivity index is 1.60. The molecule has 3 rings (SSSR count). The molecule has 0 fully saturated rings. The summed E-state index contributed by atoms with van der Waals surface area (Å²) in [6.07, 6.45) is 3.72. The highest BCUT2D eigenvalue weighted by molar-refractivity contribution is 5.91. The van der Waals surface area contributed by atoms with Crippen LogP contribution in [0.25, 0.3) is 11.8 Å². The van der Waals surface area contributed by atoms with E-state index < -0.39 is 11.7 Å². The Morgan fingerprint density at radius 3 is 2.59 bits per heavy atom. The number of benzene rings is 2. The van der Waals surface area contributed by atoms with Crippen LogP contribution in [0.15, 0.2) is 67.3 Å². The summed E-state index contributed by atoms with van der Waals surface area (Å²) in [5.41, 5.74) is 1.43. The highest BCUT2D eigenvalue weighted by Gasteiger charge is 2.29. The lowest BCUT2D eigenvalue weighted by Gasteiger charge is -2.10. The standard InChI is InChI=1S/C21H18F3N3O2/c1-29-19-12-15(4-8-18(19)27-11-10-25-14-27)5-9-20(28)26-13-16-2-6-17(7-3-16)21(22,23)24/h2-12,14H,13H2,1H3,(H,26,28)/b9-5+. The summed E-state index contributed by atoms with van der Waals surface area (Å²) >= 11 is 0. The van der Waals surface area contributed by atoms with Crippen molar-refractivity contribution in [3.05, 3.63) is 84.0 Å². The van der Waals surface area contributed by atoms with Crippen LogP contribution in [0, 0.1) is 0 Å². The predicted molar refractivity (Wildman–Crippen MR) is 102 cm³/mol. The average Bonchev–Trinajstić information content (AvgIpc) is 3.24. The van der Waals surface area contributed by atoms with Crippen LogP contribution in [0.4, 0.5) is 13.2 Å². The van der Waals surface area contributed by atoms with Gasteiger partial charge < -0.3 is 14.6 Å². The van der Waals surface area contributed by atoms with Crippen molar-refractivity contribution in [2.75, 3.05) is 7.11 Å². The third-order valence-electron chi connectivity index (χ3n) is 4.16. The van der Waals surface area contributed by atoms with Gasteiger partial charge in [-0.25, -0.2) is 4.98 Å². The number of rotatable bonds is 6. The Bertz CT molecular complexity index is 995. The molecule has 2 aromatic carbocycles. The van der Waals surface area contributed by atoms with Crippen LogP contribution < -0.4 is 10.1 Å². The molecule has 8 heteroatoms. The first-order chi connectivity index (χ1) is 13.9. The monoisotopic (exact) mass is 401 g/mol. The molecule has 0 unspecified atom stereocenters. The van der Waals surface area contributed by atoms with Crippen molar-refractivity contribution < 1.29 is 22.7 Å². The molecule has 0 saturated heterocycles. The maximum absolute atomic E-state index is 12.6. The number of carbonyl (C=O) groups is 1. The molecule has 0 saturated carbocycles. The summed E-state index contributed by atoms with van der Waals surface area (Å²) in [6, 6.07) is 10.1. The molecule has 0 spiro atoms. The zero-order chi connectivity index (χ0) is 20.9. The molecule has 3 aromatic rings. The van der Waals surface area contributed by atoms with Crippen molar-refractivity contribution in [2.45, 2.75) is 12.7 Å². The summed E-state index contributed by atoms with van der Waals surface area (Å²) in [7, 11) is 1.56. The highest BCUT2D eigenvalue weighted by atomic mass is 19.4. The van der Waals surface area contributed by atoms with Crippen LogP contribution >= 0.6 is 0 Å². The summed E-state index contributed by atoms with van der Waals surface area (Å²) in [5, 5.41) is 2.64. The number of hydrogen-bond acceptors (Lipinski definition) is 3. The Kier molecular flexibility index (Phi) is 6.01. The summed E-state index contributed by atoms with van der Waals surface area (Å²) < 4.78 is 44.9. The van der Waals surface area contributed by atoms with Gasteiger partial charge >= 0.3 is 6.18 Å². The molecule has 1 heterocycles. The molecule has 150 valence electrons. The van der Waals surface area contributed by atoms with Crippen molar-refractivity contribution in [1.29, 1.82) is 0 Å². The lowest BCUT2D eigenvalue weighted by Crippen LogP contribution is -2.20. The zero-order valence-corrected chi connectivity index (χ0v) is 15.5. The fraction of sp³-hybridized carbons (Fsp3) is 0.143. The first kappa shape index (κ1) is 20.2. The van der Waals surface area contributed by atoms with Crippen molar-refractivity contribution >= 4 is 12.0 Å². The van der Waals surface area contributed by atoms with Crippen molar-refractivity contribution in [1.82, 2.24) is 14.9 Å². The lowest BCUT2D eigenvalue weighted by molar-refractivity contribution is -0.137. The fourth-order valence-corrected chi connectivity index (χ4v) is 2.64. The summed E-state index contributed by atoms with van der Waals surface area (Å²) in [6.45, 7) is 0.129. The average molecular weight is 401 g/mol. The van der Waals surface area contributed by atoms with Gasteiger partial charge in [0.15, 0.2) is 0 Å². The third-order valence-corrected chi connectivity index (χ3v) is 4.16. The second-order valence-corrected chi connectivity index (χ2v) is 6.15. The van der Waals surface area contributed by atoms with Gasteiger partial charge in [-0.2, -0.15) is 13.2 Å². The molecule has 0 radical (unpaired) electrons. The fourth-order valence-electron chi connectivity index (χ4n) is 2.64. The van der Waals surface area contributed by atoms with Crippen molar-refractivity contribution in [3.63, 3.8) is 0 Å². The maximum Gasteiger partial charge on any atom is 0.416 e. The molecular weight excluding hydrogens is 383 g/mol. The Morgan fingerprint density at radius 1 is 1.21 bits per heavy atom. The van der Waals surface area contributed by atoms with Gasteiger partial charge in [0, 0.05) is 25.0 Å². The molecule has 1 aromatic heterocycles. The molecule has 0 atom stereocenters. The molecular formula is C21H18F3N3O2. The van der Waals surface area contributed by atoms with Gasteiger partial charge in [-0.1, -0.05) is 18.2 Å². The minimum Gasteiger partial charge on any atom is -0.495 e. The van der Waals surface area contributed by atoms with Crippen LogP contribution in [0.1, 0.15) is 16.7 Å². The minimum atomic E-state index is -4.38. The normalized spacial score (nSPS) is 11.6. The van der Waals surface area contributed by atoms with Gasteiger partial charge in [0.05, 0.1) is 24.7 Å². The van der Waals surface area contributed by atoms with Crippen LogP contribution in [0.2, 0.25) is 0 Å². The Hall–Kier alpha value is -3.55. The maximum atomic E-state index is 12.6.